The van der Waals surface area contributed by atoms with E-state index in [1.807, 2.05) is 13.0 Å². The highest BCUT2D eigenvalue weighted by atomic mass is 16.5. The second kappa shape index (κ2) is 8.78. The molecule has 0 unspecified atom stereocenters. The highest BCUT2D eigenvalue weighted by molar-refractivity contribution is 6.09. The summed E-state index contributed by atoms with van der Waals surface area (Å²) in [5.74, 6) is -1.04. The molecule has 0 saturated carbocycles. The van der Waals surface area contributed by atoms with Crippen LogP contribution in [-0.4, -0.2) is 30.3 Å². The van der Waals surface area contributed by atoms with Crippen molar-refractivity contribution in [2.24, 2.45) is 0 Å². The monoisotopic (exact) mass is 339 g/mol. The van der Waals surface area contributed by atoms with Gasteiger partial charge < -0.3 is 10.1 Å². The lowest BCUT2D eigenvalue weighted by molar-refractivity contribution is -0.129. The van der Waals surface area contributed by atoms with Gasteiger partial charge in [0.2, 0.25) is 0 Å². The molecule has 0 spiro atoms. The first kappa shape index (κ1) is 18.4. The molecule has 25 heavy (non-hydrogen) atoms. The molecule has 2 rings (SSSR count). The van der Waals surface area contributed by atoms with Crippen LogP contribution in [0.2, 0.25) is 0 Å². The summed E-state index contributed by atoms with van der Waals surface area (Å²) >= 11 is 0. The minimum atomic E-state index is -0.871. The van der Waals surface area contributed by atoms with E-state index >= 15 is 0 Å². The van der Waals surface area contributed by atoms with E-state index in [1.165, 1.54) is 19.1 Å². The van der Waals surface area contributed by atoms with Crippen LogP contribution in [0.5, 0.6) is 0 Å². The number of carbonyl (C=O) groups is 3. The minimum absolute atomic E-state index is 0.118. The van der Waals surface area contributed by atoms with Crippen molar-refractivity contribution in [2.45, 2.75) is 26.4 Å². The Morgan fingerprint density at radius 3 is 2.08 bits per heavy atom. The molecule has 1 atom stereocenters. The van der Waals surface area contributed by atoms with Crippen LogP contribution in [-0.2, 0) is 9.53 Å². The molecular weight excluding hydrogens is 318 g/mol. The Bertz CT molecular complexity index is 738. The summed E-state index contributed by atoms with van der Waals surface area (Å²) in [5, 5.41) is 2.67. The quantitative estimate of drug-likeness (QED) is 0.622. The molecule has 5 nitrogen and oxygen atoms in total. The molecule has 0 heterocycles. The largest absolute Gasteiger partial charge is 0.449 e. The maximum absolute atomic E-state index is 12.3. The van der Waals surface area contributed by atoms with Gasteiger partial charge in [0.1, 0.15) is 0 Å². The number of nitrogens with one attached hydrogen (secondary N) is 1. The fourth-order valence-corrected chi connectivity index (χ4v) is 2.19. The first-order valence-corrected chi connectivity index (χ1v) is 8.21. The molecule has 0 aromatic heterocycles. The predicted molar refractivity (Wildman–Crippen MR) is 94.5 cm³/mol. The summed E-state index contributed by atoms with van der Waals surface area (Å²) in [6, 6.07) is 15.1. The van der Waals surface area contributed by atoms with Crippen molar-refractivity contribution < 1.29 is 19.1 Å². The maximum atomic E-state index is 12.3. The van der Waals surface area contributed by atoms with E-state index in [0.29, 0.717) is 23.2 Å². The number of hydrogen-bond donors (Lipinski definition) is 1. The van der Waals surface area contributed by atoms with E-state index < -0.39 is 12.1 Å². The van der Waals surface area contributed by atoms with E-state index in [1.54, 1.807) is 36.4 Å². The molecular formula is C20H21NO4. The van der Waals surface area contributed by atoms with Crippen molar-refractivity contribution in [2.75, 3.05) is 6.54 Å². The molecule has 130 valence electrons. The first-order chi connectivity index (χ1) is 12.0. The van der Waals surface area contributed by atoms with Crippen molar-refractivity contribution in [1.82, 2.24) is 5.32 Å². The average molecular weight is 339 g/mol. The van der Waals surface area contributed by atoms with E-state index in [2.05, 4.69) is 5.32 Å². The molecule has 1 amide bonds. The fourth-order valence-electron chi connectivity index (χ4n) is 2.19. The van der Waals surface area contributed by atoms with Gasteiger partial charge in [0.05, 0.1) is 5.56 Å². The standard InChI is InChI=1S/C20H21NO4/c1-3-13-21-19(23)14(2)25-20(24)17-11-9-16(10-12-17)18(22)15-7-5-4-6-8-15/h4-12,14H,3,13H2,1-2H3,(H,21,23)/t14-/m0/s1. The van der Waals surface area contributed by atoms with Crippen LogP contribution in [0.1, 0.15) is 46.5 Å². The second-order valence-corrected chi connectivity index (χ2v) is 5.61. The molecule has 0 radical (unpaired) electrons. The molecule has 2 aromatic rings. The van der Waals surface area contributed by atoms with Gasteiger partial charge in [-0.1, -0.05) is 49.4 Å². The summed E-state index contributed by atoms with van der Waals surface area (Å²) in [6.07, 6.45) is -0.0618. The Hall–Kier alpha value is -2.95. The Kier molecular flexibility index (Phi) is 6.46. The molecule has 0 fully saturated rings. The lowest BCUT2D eigenvalue weighted by Crippen LogP contribution is -2.36. The SMILES string of the molecule is CCCNC(=O)[C@H](C)OC(=O)c1ccc(C(=O)c2ccccc2)cc1. The molecule has 0 aliphatic carbocycles. The summed E-state index contributed by atoms with van der Waals surface area (Å²) in [7, 11) is 0. The van der Waals surface area contributed by atoms with E-state index in [0.717, 1.165) is 6.42 Å². The van der Waals surface area contributed by atoms with Gasteiger partial charge in [-0.25, -0.2) is 4.79 Å². The molecule has 5 heteroatoms. The highest BCUT2D eigenvalue weighted by Gasteiger charge is 2.18. The van der Waals surface area contributed by atoms with Crippen LogP contribution < -0.4 is 5.32 Å². The van der Waals surface area contributed by atoms with Gasteiger partial charge in [-0.05, 0) is 25.5 Å². The van der Waals surface area contributed by atoms with Gasteiger partial charge >= 0.3 is 5.97 Å². The van der Waals surface area contributed by atoms with Crippen LogP contribution in [0.3, 0.4) is 0 Å². The van der Waals surface area contributed by atoms with Gasteiger partial charge in [0.15, 0.2) is 11.9 Å². The van der Waals surface area contributed by atoms with E-state index in [-0.39, 0.29) is 11.7 Å². The second-order valence-electron chi connectivity index (χ2n) is 5.61. The van der Waals surface area contributed by atoms with E-state index in [9.17, 15) is 14.4 Å². The number of hydrogen-bond acceptors (Lipinski definition) is 4. The Morgan fingerprint density at radius 2 is 1.48 bits per heavy atom. The smallest absolute Gasteiger partial charge is 0.338 e. The number of rotatable bonds is 7. The van der Waals surface area contributed by atoms with Gasteiger partial charge in [-0.3, -0.25) is 9.59 Å². The zero-order valence-electron chi connectivity index (χ0n) is 14.3. The van der Waals surface area contributed by atoms with Crippen LogP contribution in [0.4, 0.5) is 0 Å². The number of carbonyl (C=O) groups excluding carboxylic acids is 3. The third-order valence-corrected chi connectivity index (χ3v) is 3.62. The number of amides is 1. The maximum Gasteiger partial charge on any atom is 0.338 e. The third kappa shape index (κ3) is 5.01. The summed E-state index contributed by atoms with van der Waals surface area (Å²) in [4.78, 5) is 36.2. The molecule has 1 N–H and O–H groups in total. The van der Waals surface area contributed by atoms with Crippen LogP contribution in [0.15, 0.2) is 54.6 Å². The average Bonchev–Trinajstić information content (AvgIpc) is 2.66. The number of ether oxygens (including phenoxy) is 1. The normalized spacial score (nSPS) is 11.4. The Balaban J connectivity index is 2.00. The number of esters is 1. The third-order valence-electron chi connectivity index (χ3n) is 3.62. The number of ketones is 1. The zero-order chi connectivity index (χ0) is 18.2. The van der Waals surface area contributed by atoms with Crippen LogP contribution in [0, 0.1) is 0 Å². The predicted octanol–water partition coefficient (Wildman–Crippen LogP) is 2.99. The molecule has 0 aliphatic rings. The Morgan fingerprint density at radius 1 is 0.920 bits per heavy atom. The van der Waals surface area contributed by atoms with Crippen LogP contribution >= 0.6 is 0 Å². The number of benzene rings is 2. The molecule has 2 aromatic carbocycles. The summed E-state index contributed by atoms with van der Waals surface area (Å²) in [6.45, 7) is 4.00. The minimum Gasteiger partial charge on any atom is -0.449 e. The first-order valence-electron chi connectivity index (χ1n) is 8.21. The fraction of sp³-hybridized carbons (Fsp3) is 0.250. The van der Waals surface area contributed by atoms with E-state index in [4.69, 9.17) is 4.74 Å². The van der Waals surface area contributed by atoms with Gasteiger partial charge in [-0.2, -0.15) is 0 Å². The van der Waals surface area contributed by atoms with Crippen molar-refractivity contribution in [1.29, 1.82) is 0 Å². The molecule has 0 bridgehead atoms. The highest BCUT2D eigenvalue weighted by Crippen LogP contribution is 2.12. The lowest BCUT2D eigenvalue weighted by Gasteiger charge is -2.13. The van der Waals surface area contributed by atoms with Crippen molar-refractivity contribution in [3.8, 4) is 0 Å². The topological polar surface area (TPSA) is 72.5 Å². The van der Waals surface area contributed by atoms with Gasteiger partial charge in [-0.15, -0.1) is 0 Å². The van der Waals surface area contributed by atoms with Gasteiger partial charge in [0.25, 0.3) is 5.91 Å². The summed E-state index contributed by atoms with van der Waals surface area (Å²) in [5.41, 5.74) is 1.36. The zero-order valence-corrected chi connectivity index (χ0v) is 14.3. The van der Waals surface area contributed by atoms with Crippen molar-refractivity contribution >= 4 is 17.7 Å². The molecule has 0 saturated heterocycles. The van der Waals surface area contributed by atoms with Crippen LogP contribution in [0.25, 0.3) is 0 Å². The molecule has 0 aliphatic heterocycles. The van der Waals surface area contributed by atoms with Crippen molar-refractivity contribution in [3.63, 3.8) is 0 Å². The Labute approximate surface area is 147 Å². The van der Waals surface area contributed by atoms with Crippen molar-refractivity contribution in [3.05, 3.63) is 71.3 Å². The van der Waals surface area contributed by atoms with Gasteiger partial charge in [0, 0.05) is 17.7 Å². The summed E-state index contributed by atoms with van der Waals surface area (Å²) < 4.78 is 5.14. The lowest BCUT2D eigenvalue weighted by atomic mass is 10.0.